The highest BCUT2D eigenvalue weighted by Crippen LogP contribution is 2.01. The van der Waals surface area contributed by atoms with Crippen molar-refractivity contribution in [2.45, 2.75) is 13.3 Å². The Morgan fingerprint density at radius 2 is 2.56 bits per heavy atom. The van der Waals surface area contributed by atoms with Crippen molar-refractivity contribution in [2.24, 2.45) is 5.92 Å². The van der Waals surface area contributed by atoms with Gasteiger partial charge in [-0.1, -0.05) is 6.92 Å². The highest BCUT2D eigenvalue weighted by atomic mass is 28.3. The lowest BCUT2D eigenvalue weighted by Gasteiger charge is -2.16. The van der Waals surface area contributed by atoms with Crippen LogP contribution in [0, 0.1) is 5.92 Å². The van der Waals surface area contributed by atoms with E-state index in [1.54, 1.807) is 0 Å². The molecule has 54 valence electrons. The summed E-state index contributed by atoms with van der Waals surface area (Å²) in [5, 5.41) is 0. The Bertz CT molecular complexity index is 73.4. The molecule has 0 aromatic carbocycles. The molecule has 0 aromatic heterocycles. The summed E-state index contributed by atoms with van der Waals surface area (Å²) in [6, 6.07) is 0. The van der Waals surface area contributed by atoms with Gasteiger partial charge in [0.05, 0.1) is 0 Å². The zero-order chi connectivity index (χ0) is 6.53. The lowest BCUT2D eigenvalue weighted by molar-refractivity contribution is 0.108. The van der Waals surface area contributed by atoms with Crippen LogP contribution in [-0.2, 0) is 8.95 Å². The molecule has 1 saturated heterocycles. The van der Waals surface area contributed by atoms with Gasteiger partial charge in [0, 0.05) is 13.2 Å². The molecule has 0 aromatic rings. The quantitative estimate of drug-likeness (QED) is 0.471. The van der Waals surface area contributed by atoms with Crippen LogP contribution in [0.2, 0.25) is 0 Å². The van der Waals surface area contributed by atoms with Crippen molar-refractivity contribution in [3.8, 4) is 0 Å². The minimum Gasteiger partial charge on any atom is -0.398 e. The van der Waals surface area contributed by atoms with E-state index in [0.717, 1.165) is 19.6 Å². The predicted molar refractivity (Wildman–Crippen MR) is 37.4 cm³/mol. The van der Waals surface area contributed by atoms with E-state index >= 15 is 0 Å². The maximum Gasteiger partial charge on any atom is 0.326 e. The summed E-state index contributed by atoms with van der Waals surface area (Å²) in [7, 11) is -0.682. The van der Waals surface area contributed by atoms with Gasteiger partial charge in [-0.15, -0.1) is 0 Å². The molecule has 1 fully saturated rings. The fraction of sp³-hybridized carbons (Fsp3) is 1.00. The molecule has 0 radical (unpaired) electrons. The normalized spacial score (nSPS) is 33.7. The lowest BCUT2D eigenvalue weighted by Crippen LogP contribution is -2.28. The Labute approximate surface area is 57.7 Å². The summed E-state index contributed by atoms with van der Waals surface area (Å²) in [4.78, 5) is 0. The van der Waals surface area contributed by atoms with Crippen LogP contribution >= 0.6 is 0 Å². The molecule has 3 nitrogen and oxygen atoms in total. The summed E-state index contributed by atoms with van der Waals surface area (Å²) < 4.78 is 10.2. The van der Waals surface area contributed by atoms with Gasteiger partial charge in [-0.25, -0.2) is 5.48 Å². The average Bonchev–Trinajstić information content (AvgIpc) is 1.79. The summed E-state index contributed by atoms with van der Waals surface area (Å²) in [6.07, 6.45) is 1.16. The van der Waals surface area contributed by atoms with E-state index in [4.69, 9.17) is 8.95 Å². The zero-order valence-corrected chi connectivity index (χ0v) is 7.14. The first-order valence-corrected chi connectivity index (χ1v) is 4.47. The highest BCUT2D eigenvalue weighted by Gasteiger charge is 2.04. The monoisotopic (exact) mass is 147 g/mol. The first-order valence-electron chi connectivity index (χ1n) is 3.32. The van der Waals surface area contributed by atoms with Gasteiger partial charge < -0.3 is 8.95 Å². The van der Waals surface area contributed by atoms with Crippen LogP contribution < -0.4 is 5.48 Å². The second-order valence-electron chi connectivity index (χ2n) is 2.41. The Morgan fingerprint density at radius 3 is 3.44 bits per heavy atom. The average molecular weight is 147 g/mol. The predicted octanol–water partition coefficient (Wildman–Crippen LogP) is -0.437. The highest BCUT2D eigenvalue weighted by molar-refractivity contribution is 6.17. The van der Waals surface area contributed by atoms with E-state index < -0.39 is 10.0 Å². The van der Waals surface area contributed by atoms with E-state index in [0.29, 0.717) is 5.92 Å². The molecule has 0 saturated carbocycles. The van der Waals surface area contributed by atoms with Crippen molar-refractivity contribution < 1.29 is 8.95 Å². The number of rotatable bonds is 0. The van der Waals surface area contributed by atoms with Crippen LogP contribution in [0.4, 0.5) is 0 Å². The Balaban J connectivity index is 2.12. The summed E-state index contributed by atoms with van der Waals surface area (Å²) >= 11 is 0. The van der Waals surface area contributed by atoms with Crippen molar-refractivity contribution in [1.29, 1.82) is 0 Å². The van der Waals surface area contributed by atoms with Gasteiger partial charge in [0.2, 0.25) is 0 Å². The van der Waals surface area contributed by atoms with Crippen LogP contribution in [0.1, 0.15) is 13.3 Å². The molecule has 1 atom stereocenters. The Kier molecular flexibility index (Phi) is 3.20. The molecule has 0 aliphatic carbocycles. The second-order valence-corrected chi connectivity index (χ2v) is 3.35. The van der Waals surface area contributed by atoms with Crippen LogP contribution in [0.15, 0.2) is 0 Å². The van der Waals surface area contributed by atoms with Crippen molar-refractivity contribution in [3.05, 3.63) is 0 Å². The largest absolute Gasteiger partial charge is 0.398 e. The second kappa shape index (κ2) is 4.00. The smallest absolute Gasteiger partial charge is 0.326 e. The fourth-order valence-corrected chi connectivity index (χ4v) is 1.30. The maximum absolute atomic E-state index is 5.20. The van der Waals surface area contributed by atoms with Gasteiger partial charge in [0.1, 0.15) is 0 Å². The molecule has 0 bridgehead atoms. The van der Waals surface area contributed by atoms with E-state index in [-0.39, 0.29) is 0 Å². The topological polar surface area (TPSA) is 30.5 Å². The van der Waals surface area contributed by atoms with E-state index in [2.05, 4.69) is 12.4 Å². The summed E-state index contributed by atoms with van der Waals surface area (Å²) in [6.45, 7) is 4.04. The van der Waals surface area contributed by atoms with Crippen molar-refractivity contribution in [1.82, 2.24) is 5.48 Å². The Morgan fingerprint density at radius 1 is 1.67 bits per heavy atom. The number of nitrogens with one attached hydrogen (secondary N) is 1. The van der Waals surface area contributed by atoms with Gasteiger partial charge in [0.15, 0.2) is 0 Å². The maximum atomic E-state index is 5.20. The molecule has 1 aliphatic rings. The standard InChI is InChI=1S/C5H13NO2Si/c1-5-2-3-7-9-8-6-4-5/h5-6H,2-4,9H2,1H3. The number of hydrogen-bond donors (Lipinski definition) is 1. The first-order chi connectivity index (χ1) is 4.39. The minimum absolute atomic E-state index is 0.680. The van der Waals surface area contributed by atoms with E-state index in [9.17, 15) is 0 Å². The third-order valence-electron chi connectivity index (χ3n) is 1.43. The molecule has 1 heterocycles. The molecule has 1 aliphatic heterocycles. The van der Waals surface area contributed by atoms with Crippen molar-refractivity contribution >= 4 is 10.0 Å². The molecule has 9 heavy (non-hydrogen) atoms. The van der Waals surface area contributed by atoms with Crippen molar-refractivity contribution in [2.75, 3.05) is 13.2 Å². The number of hydrogen-bond acceptors (Lipinski definition) is 3. The van der Waals surface area contributed by atoms with E-state index in [1.807, 2.05) is 0 Å². The Hall–Kier alpha value is 0.0969. The van der Waals surface area contributed by atoms with Crippen LogP contribution in [-0.4, -0.2) is 23.2 Å². The summed E-state index contributed by atoms with van der Waals surface area (Å²) in [5.41, 5.74) is 2.87. The molecule has 1 unspecified atom stereocenters. The van der Waals surface area contributed by atoms with Crippen LogP contribution in [0.25, 0.3) is 0 Å². The summed E-state index contributed by atoms with van der Waals surface area (Å²) in [5.74, 6) is 0.680. The number of hydroxylamine groups is 1. The third-order valence-corrected chi connectivity index (χ3v) is 2.21. The lowest BCUT2D eigenvalue weighted by atomic mass is 10.1. The third kappa shape index (κ3) is 2.95. The van der Waals surface area contributed by atoms with Gasteiger partial charge in [0.25, 0.3) is 0 Å². The van der Waals surface area contributed by atoms with Gasteiger partial charge in [-0.2, -0.15) is 0 Å². The molecule has 0 amide bonds. The SMILES string of the molecule is CC1CCO[SiH2]ONC1. The minimum atomic E-state index is -0.682. The first kappa shape index (κ1) is 7.21. The zero-order valence-electron chi connectivity index (χ0n) is 5.72. The molecular formula is C5H13NO2Si. The molecule has 1 rings (SSSR count). The molecule has 1 N–H and O–H groups in total. The van der Waals surface area contributed by atoms with Crippen LogP contribution in [0.5, 0.6) is 0 Å². The molecule has 0 spiro atoms. The van der Waals surface area contributed by atoms with E-state index in [1.165, 1.54) is 0 Å². The van der Waals surface area contributed by atoms with Crippen LogP contribution in [0.3, 0.4) is 0 Å². The van der Waals surface area contributed by atoms with Crippen molar-refractivity contribution in [3.63, 3.8) is 0 Å². The fourth-order valence-electron chi connectivity index (χ4n) is 0.730. The van der Waals surface area contributed by atoms with Gasteiger partial charge in [-0.3, -0.25) is 0 Å². The molecular weight excluding hydrogens is 134 g/mol. The van der Waals surface area contributed by atoms with Gasteiger partial charge in [-0.05, 0) is 12.3 Å². The molecule has 4 heteroatoms. The van der Waals surface area contributed by atoms with Gasteiger partial charge >= 0.3 is 10.0 Å².